The molecule has 2 aromatic rings. The summed E-state index contributed by atoms with van der Waals surface area (Å²) < 4.78 is 1.45. The molecule has 1 aliphatic heterocycles. The van der Waals surface area contributed by atoms with E-state index in [1.807, 2.05) is 11.3 Å². The molecule has 22 heavy (non-hydrogen) atoms. The molecule has 0 amide bonds. The first-order valence-electron chi connectivity index (χ1n) is 7.84. The zero-order valence-electron chi connectivity index (χ0n) is 12.7. The third kappa shape index (κ3) is 3.29. The predicted molar refractivity (Wildman–Crippen MR) is 101 cm³/mol. The van der Waals surface area contributed by atoms with Crippen LogP contribution < -0.4 is 5.32 Å². The molecule has 2 aliphatic rings. The van der Waals surface area contributed by atoms with Gasteiger partial charge in [0.1, 0.15) is 0 Å². The highest BCUT2D eigenvalue weighted by Crippen LogP contribution is 2.44. The monoisotopic (exact) mass is 358 g/mol. The summed E-state index contributed by atoms with van der Waals surface area (Å²) in [4.78, 5) is 2.73. The number of nitrogens with zero attached hydrogens (tertiary/aromatic N) is 1. The molecule has 1 N–H and O–H groups in total. The molecular formula is C17H24Cl2N2S. The van der Waals surface area contributed by atoms with Gasteiger partial charge in [0.05, 0.1) is 0 Å². The van der Waals surface area contributed by atoms with Gasteiger partial charge in [-0.2, -0.15) is 0 Å². The largest absolute Gasteiger partial charge is 0.314 e. The number of hydrogen-bond donors (Lipinski definition) is 1. The molecule has 1 atom stereocenters. The molecule has 4 rings (SSSR count). The number of hydrogen-bond acceptors (Lipinski definition) is 3. The molecule has 0 radical (unpaired) electrons. The fraction of sp³-hybridized carbons (Fsp3) is 0.529. The van der Waals surface area contributed by atoms with Crippen molar-refractivity contribution >= 4 is 46.2 Å². The molecule has 2 nitrogen and oxygen atoms in total. The Kier molecular flexibility index (Phi) is 6.54. The van der Waals surface area contributed by atoms with Gasteiger partial charge in [0.15, 0.2) is 0 Å². The summed E-state index contributed by atoms with van der Waals surface area (Å²) in [5.74, 6) is 0.881. The van der Waals surface area contributed by atoms with E-state index < -0.39 is 0 Å². The molecule has 1 aromatic heterocycles. The molecule has 0 bridgehead atoms. The van der Waals surface area contributed by atoms with Gasteiger partial charge in [0.2, 0.25) is 0 Å². The summed E-state index contributed by atoms with van der Waals surface area (Å²) in [6.07, 6.45) is 4.26. The first-order chi connectivity index (χ1) is 9.93. The van der Waals surface area contributed by atoms with Gasteiger partial charge in [-0.15, -0.1) is 36.2 Å². The first kappa shape index (κ1) is 18.0. The second-order valence-electron chi connectivity index (χ2n) is 6.11. The second-order valence-corrected chi connectivity index (χ2v) is 7.02. The maximum absolute atomic E-state index is 3.49. The van der Waals surface area contributed by atoms with Crippen molar-refractivity contribution in [1.29, 1.82) is 0 Å². The van der Waals surface area contributed by atoms with Crippen LogP contribution in [0.1, 0.15) is 30.9 Å². The van der Waals surface area contributed by atoms with E-state index in [-0.39, 0.29) is 24.8 Å². The Balaban J connectivity index is 0.000000882. The molecular weight excluding hydrogens is 335 g/mol. The van der Waals surface area contributed by atoms with E-state index in [0.717, 1.165) is 19.0 Å². The van der Waals surface area contributed by atoms with Crippen LogP contribution in [0.5, 0.6) is 0 Å². The third-order valence-corrected chi connectivity index (χ3v) is 5.95. The number of halogens is 2. The van der Waals surface area contributed by atoms with Crippen molar-refractivity contribution in [3.05, 3.63) is 35.2 Å². The lowest BCUT2D eigenvalue weighted by Crippen LogP contribution is -2.47. The highest BCUT2D eigenvalue weighted by atomic mass is 35.5. The van der Waals surface area contributed by atoms with Crippen LogP contribution in [-0.4, -0.2) is 31.1 Å². The summed E-state index contributed by atoms with van der Waals surface area (Å²) in [6.45, 7) is 4.69. The van der Waals surface area contributed by atoms with Crippen LogP contribution in [0.3, 0.4) is 0 Å². The maximum Gasteiger partial charge on any atom is 0.0391 e. The highest BCUT2D eigenvalue weighted by molar-refractivity contribution is 7.17. The van der Waals surface area contributed by atoms with Crippen molar-refractivity contribution in [3.8, 4) is 0 Å². The molecule has 2 heterocycles. The Bertz CT molecular complexity index is 591. The third-order valence-electron chi connectivity index (χ3n) is 4.97. The predicted octanol–water partition coefficient (Wildman–Crippen LogP) is 4.49. The zero-order chi connectivity index (χ0) is 13.4. The normalized spacial score (nSPS) is 20.7. The average molecular weight is 359 g/mol. The van der Waals surface area contributed by atoms with Gasteiger partial charge in [0, 0.05) is 36.9 Å². The van der Waals surface area contributed by atoms with E-state index in [9.17, 15) is 0 Å². The number of piperazine rings is 1. The van der Waals surface area contributed by atoms with Crippen molar-refractivity contribution in [3.63, 3.8) is 0 Å². The van der Waals surface area contributed by atoms with Gasteiger partial charge in [-0.25, -0.2) is 0 Å². The van der Waals surface area contributed by atoms with Crippen LogP contribution >= 0.6 is 36.2 Å². The van der Waals surface area contributed by atoms with Crippen LogP contribution in [0.15, 0.2) is 29.6 Å². The zero-order valence-corrected chi connectivity index (χ0v) is 15.1. The fourth-order valence-corrected chi connectivity index (χ4v) is 4.68. The molecule has 2 fully saturated rings. The minimum absolute atomic E-state index is 0. The lowest BCUT2D eigenvalue weighted by Gasteiger charge is -2.43. The van der Waals surface area contributed by atoms with Crippen LogP contribution in [-0.2, 0) is 0 Å². The molecule has 1 saturated carbocycles. The number of thiophene rings is 1. The van der Waals surface area contributed by atoms with Crippen molar-refractivity contribution in [1.82, 2.24) is 10.2 Å². The molecule has 1 saturated heterocycles. The Hall–Kier alpha value is -0.320. The van der Waals surface area contributed by atoms with Gasteiger partial charge in [-0.3, -0.25) is 4.90 Å². The smallest absolute Gasteiger partial charge is 0.0391 e. The van der Waals surface area contributed by atoms with Crippen molar-refractivity contribution in [2.24, 2.45) is 5.92 Å². The molecule has 1 aromatic carbocycles. The van der Waals surface area contributed by atoms with Crippen molar-refractivity contribution in [2.45, 2.75) is 25.3 Å². The standard InChI is InChI=1S/C17H22N2S.2ClH/c1-2-7-16-14(6-1)15(12-20-16)17(13-4-3-5-13)19-10-8-18-9-11-19;;/h1-2,6-7,12-13,17-18H,3-5,8-11H2;2*1H/t17-;;/m1../s1. The Morgan fingerprint density at radius 3 is 2.50 bits per heavy atom. The van der Waals surface area contributed by atoms with E-state index in [4.69, 9.17) is 0 Å². The summed E-state index contributed by atoms with van der Waals surface area (Å²) in [5, 5.41) is 7.41. The summed E-state index contributed by atoms with van der Waals surface area (Å²) >= 11 is 1.92. The van der Waals surface area contributed by atoms with Crippen LogP contribution in [0.4, 0.5) is 0 Å². The number of rotatable bonds is 3. The van der Waals surface area contributed by atoms with Crippen LogP contribution in [0.25, 0.3) is 10.1 Å². The van der Waals surface area contributed by atoms with E-state index in [1.165, 1.54) is 42.4 Å². The molecule has 5 heteroatoms. The quantitative estimate of drug-likeness (QED) is 0.869. The number of nitrogens with one attached hydrogen (secondary N) is 1. The summed E-state index contributed by atoms with van der Waals surface area (Å²) in [7, 11) is 0. The van der Waals surface area contributed by atoms with E-state index in [2.05, 4.69) is 39.9 Å². The SMILES string of the molecule is Cl.Cl.c1ccc2c([C@@H](C3CCC3)N3CCNCC3)csc2c1. The van der Waals surface area contributed by atoms with Gasteiger partial charge in [0.25, 0.3) is 0 Å². The topological polar surface area (TPSA) is 15.3 Å². The minimum atomic E-state index is 0. The van der Waals surface area contributed by atoms with Gasteiger partial charge < -0.3 is 5.32 Å². The Labute approximate surface area is 149 Å². The van der Waals surface area contributed by atoms with Crippen LogP contribution in [0, 0.1) is 5.92 Å². The average Bonchev–Trinajstić information content (AvgIpc) is 2.87. The Morgan fingerprint density at radius 1 is 1.09 bits per heavy atom. The molecule has 0 spiro atoms. The molecule has 0 unspecified atom stereocenters. The molecule has 122 valence electrons. The van der Waals surface area contributed by atoms with Crippen LogP contribution in [0.2, 0.25) is 0 Å². The fourth-order valence-electron chi connectivity index (χ4n) is 3.69. The van der Waals surface area contributed by atoms with E-state index >= 15 is 0 Å². The van der Waals surface area contributed by atoms with Crippen molar-refractivity contribution < 1.29 is 0 Å². The number of fused-ring (bicyclic) bond motifs is 1. The van der Waals surface area contributed by atoms with Gasteiger partial charge in [-0.1, -0.05) is 24.6 Å². The number of benzene rings is 1. The minimum Gasteiger partial charge on any atom is -0.314 e. The van der Waals surface area contributed by atoms with E-state index in [1.54, 1.807) is 5.56 Å². The first-order valence-corrected chi connectivity index (χ1v) is 8.72. The highest BCUT2D eigenvalue weighted by Gasteiger charge is 2.34. The lowest BCUT2D eigenvalue weighted by atomic mass is 9.76. The van der Waals surface area contributed by atoms with Gasteiger partial charge in [-0.05, 0) is 41.2 Å². The lowest BCUT2D eigenvalue weighted by molar-refractivity contribution is 0.0849. The maximum atomic E-state index is 3.49. The summed E-state index contributed by atoms with van der Waals surface area (Å²) in [5.41, 5.74) is 1.59. The van der Waals surface area contributed by atoms with Gasteiger partial charge >= 0.3 is 0 Å². The molecule has 1 aliphatic carbocycles. The van der Waals surface area contributed by atoms with E-state index in [0.29, 0.717) is 6.04 Å². The summed E-state index contributed by atoms with van der Waals surface area (Å²) in [6, 6.07) is 9.58. The van der Waals surface area contributed by atoms with Crippen molar-refractivity contribution in [2.75, 3.05) is 26.2 Å². The Morgan fingerprint density at radius 2 is 1.82 bits per heavy atom. The second kappa shape index (κ2) is 7.98.